The zero-order chi connectivity index (χ0) is 9.84. The van der Waals surface area contributed by atoms with Crippen LogP contribution in [0.2, 0.25) is 0 Å². The lowest BCUT2D eigenvalue weighted by molar-refractivity contribution is 0.376. The molecule has 0 saturated carbocycles. The van der Waals surface area contributed by atoms with E-state index < -0.39 is 0 Å². The van der Waals surface area contributed by atoms with Gasteiger partial charge in [-0.3, -0.25) is 0 Å². The summed E-state index contributed by atoms with van der Waals surface area (Å²) >= 11 is 3.31. The minimum atomic E-state index is 0.378. The molecule has 0 radical (unpaired) electrons. The van der Waals surface area contributed by atoms with E-state index in [-0.39, 0.29) is 0 Å². The van der Waals surface area contributed by atoms with Gasteiger partial charge in [-0.2, -0.15) is 0 Å². The molecule has 0 aliphatic heterocycles. The summed E-state index contributed by atoms with van der Waals surface area (Å²) in [6, 6.07) is 0. The smallest absolute Gasteiger partial charge is 0.132 e. The second-order valence-electron chi connectivity index (χ2n) is 3.42. The molecule has 1 aromatic heterocycles. The first-order valence-corrected chi connectivity index (χ1v) is 5.01. The van der Waals surface area contributed by atoms with Crippen molar-refractivity contribution in [3.8, 4) is 0 Å². The Morgan fingerprint density at radius 1 is 1.38 bits per heavy atom. The highest BCUT2D eigenvalue weighted by molar-refractivity contribution is 9.10. The van der Waals surface area contributed by atoms with Gasteiger partial charge in [-0.05, 0) is 30.0 Å². The highest BCUT2D eigenvalue weighted by atomic mass is 79.9. The fourth-order valence-electron chi connectivity index (χ4n) is 1.21. The van der Waals surface area contributed by atoms with Crippen LogP contribution >= 0.6 is 15.9 Å². The molecule has 0 spiro atoms. The van der Waals surface area contributed by atoms with E-state index in [9.17, 15) is 0 Å². The van der Waals surface area contributed by atoms with Gasteiger partial charge < -0.3 is 4.90 Å². The molecule has 1 unspecified atom stereocenters. The molecule has 0 aliphatic carbocycles. The second kappa shape index (κ2) is 4.67. The molecule has 1 heterocycles. The SMILES string of the molecule is CC(CN(C)C)c1ncc(Br)cn1. The predicted molar refractivity (Wildman–Crippen MR) is 56.7 cm³/mol. The molecule has 0 amide bonds. The Kier molecular flexibility index (Phi) is 3.81. The van der Waals surface area contributed by atoms with Crippen LogP contribution in [0, 0.1) is 0 Å². The van der Waals surface area contributed by atoms with E-state index in [1.807, 2.05) is 0 Å². The van der Waals surface area contributed by atoms with Gasteiger partial charge in [-0.1, -0.05) is 6.92 Å². The number of rotatable bonds is 3. The van der Waals surface area contributed by atoms with Crippen LogP contribution in [-0.2, 0) is 0 Å². The molecular formula is C9H14BrN3. The maximum atomic E-state index is 4.25. The molecule has 0 aromatic carbocycles. The van der Waals surface area contributed by atoms with Crippen LogP contribution in [0.5, 0.6) is 0 Å². The van der Waals surface area contributed by atoms with Crippen molar-refractivity contribution in [3.05, 3.63) is 22.7 Å². The van der Waals surface area contributed by atoms with Crippen LogP contribution in [0.1, 0.15) is 18.7 Å². The van der Waals surface area contributed by atoms with E-state index >= 15 is 0 Å². The van der Waals surface area contributed by atoms with Crippen molar-refractivity contribution in [1.82, 2.24) is 14.9 Å². The summed E-state index contributed by atoms with van der Waals surface area (Å²) < 4.78 is 0.924. The summed E-state index contributed by atoms with van der Waals surface area (Å²) in [4.78, 5) is 10.6. The molecule has 13 heavy (non-hydrogen) atoms. The largest absolute Gasteiger partial charge is 0.309 e. The summed E-state index contributed by atoms with van der Waals surface area (Å²) in [6.45, 7) is 3.10. The Morgan fingerprint density at radius 2 is 1.92 bits per heavy atom. The number of aromatic nitrogens is 2. The van der Waals surface area contributed by atoms with Gasteiger partial charge in [-0.15, -0.1) is 0 Å². The standard InChI is InChI=1S/C9H14BrN3/c1-7(6-13(2)3)9-11-4-8(10)5-12-9/h4-5,7H,6H2,1-3H3. The van der Waals surface area contributed by atoms with Crippen LogP contribution in [0.4, 0.5) is 0 Å². The monoisotopic (exact) mass is 243 g/mol. The zero-order valence-electron chi connectivity index (χ0n) is 8.16. The fourth-order valence-corrected chi connectivity index (χ4v) is 1.41. The molecule has 1 atom stereocenters. The van der Waals surface area contributed by atoms with Crippen molar-refractivity contribution in [2.45, 2.75) is 12.8 Å². The van der Waals surface area contributed by atoms with Crippen molar-refractivity contribution in [2.75, 3.05) is 20.6 Å². The van der Waals surface area contributed by atoms with Crippen LogP contribution in [0.3, 0.4) is 0 Å². The first kappa shape index (κ1) is 10.6. The molecule has 0 N–H and O–H groups in total. The number of halogens is 1. The maximum Gasteiger partial charge on any atom is 0.132 e. The Balaban J connectivity index is 2.66. The van der Waals surface area contributed by atoms with Gasteiger partial charge >= 0.3 is 0 Å². The topological polar surface area (TPSA) is 29.0 Å². The van der Waals surface area contributed by atoms with Crippen molar-refractivity contribution in [1.29, 1.82) is 0 Å². The van der Waals surface area contributed by atoms with Gasteiger partial charge in [0, 0.05) is 24.9 Å². The van der Waals surface area contributed by atoms with Crippen molar-refractivity contribution >= 4 is 15.9 Å². The summed E-state index contributed by atoms with van der Waals surface area (Å²) in [5.74, 6) is 1.28. The van der Waals surface area contributed by atoms with Crippen molar-refractivity contribution in [3.63, 3.8) is 0 Å². The highest BCUT2D eigenvalue weighted by Crippen LogP contribution is 2.12. The Bertz CT molecular complexity index is 258. The molecule has 0 saturated heterocycles. The van der Waals surface area contributed by atoms with Crippen molar-refractivity contribution in [2.24, 2.45) is 0 Å². The average Bonchev–Trinajstić information content (AvgIpc) is 2.04. The molecule has 0 fully saturated rings. The van der Waals surface area contributed by atoms with Crippen molar-refractivity contribution < 1.29 is 0 Å². The van der Waals surface area contributed by atoms with E-state index in [0.717, 1.165) is 16.8 Å². The second-order valence-corrected chi connectivity index (χ2v) is 4.34. The average molecular weight is 244 g/mol. The van der Waals surface area contributed by atoms with E-state index in [4.69, 9.17) is 0 Å². The first-order chi connectivity index (χ1) is 6.09. The van der Waals surface area contributed by atoms with Gasteiger partial charge in [0.2, 0.25) is 0 Å². The van der Waals surface area contributed by atoms with Gasteiger partial charge in [-0.25, -0.2) is 9.97 Å². The molecule has 72 valence electrons. The van der Waals surface area contributed by atoms with Crippen LogP contribution < -0.4 is 0 Å². The number of hydrogen-bond donors (Lipinski definition) is 0. The first-order valence-electron chi connectivity index (χ1n) is 4.21. The Labute approximate surface area is 87.3 Å². The minimum Gasteiger partial charge on any atom is -0.309 e. The molecule has 4 heteroatoms. The number of nitrogens with zero attached hydrogens (tertiary/aromatic N) is 3. The third-order valence-electron chi connectivity index (χ3n) is 1.72. The third-order valence-corrected chi connectivity index (χ3v) is 2.13. The minimum absolute atomic E-state index is 0.378. The summed E-state index contributed by atoms with van der Waals surface area (Å²) in [5, 5.41) is 0. The molecule has 0 bridgehead atoms. The normalized spacial score (nSPS) is 13.3. The summed E-state index contributed by atoms with van der Waals surface area (Å²) in [5.41, 5.74) is 0. The highest BCUT2D eigenvalue weighted by Gasteiger charge is 2.08. The van der Waals surface area contributed by atoms with Gasteiger partial charge in [0.15, 0.2) is 0 Å². The van der Waals surface area contributed by atoms with Crippen LogP contribution in [0.25, 0.3) is 0 Å². The summed E-state index contributed by atoms with van der Waals surface area (Å²) in [7, 11) is 4.10. The lowest BCUT2D eigenvalue weighted by Gasteiger charge is -2.15. The molecular weight excluding hydrogens is 230 g/mol. The van der Waals surface area contributed by atoms with E-state index in [0.29, 0.717) is 5.92 Å². The Hall–Kier alpha value is -0.480. The lowest BCUT2D eigenvalue weighted by atomic mass is 10.1. The van der Waals surface area contributed by atoms with E-state index in [1.165, 1.54) is 0 Å². The zero-order valence-corrected chi connectivity index (χ0v) is 9.74. The molecule has 1 aromatic rings. The van der Waals surface area contributed by atoms with E-state index in [2.05, 4.69) is 51.8 Å². The van der Waals surface area contributed by atoms with Gasteiger partial charge in [0.25, 0.3) is 0 Å². The molecule has 1 rings (SSSR count). The quantitative estimate of drug-likeness (QED) is 0.813. The fraction of sp³-hybridized carbons (Fsp3) is 0.556. The summed E-state index contributed by atoms with van der Waals surface area (Å²) in [6.07, 6.45) is 3.57. The van der Waals surface area contributed by atoms with E-state index in [1.54, 1.807) is 12.4 Å². The van der Waals surface area contributed by atoms with Gasteiger partial charge in [0.1, 0.15) is 5.82 Å². The number of hydrogen-bond acceptors (Lipinski definition) is 3. The van der Waals surface area contributed by atoms with Crippen LogP contribution in [0.15, 0.2) is 16.9 Å². The third kappa shape index (κ3) is 3.40. The molecule has 3 nitrogen and oxygen atoms in total. The predicted octanol–water partition coefficient (Wildman–Crippen LogP) is 1.90. The molecule has 0 aliphatic rings. The van der Waals surface area contributed by atoms with Gasteiger partial charge in [0.05, 0.1) is 4.47 Å². The number of likely N-dealkylation sites (N-methyl/N-ethyl adjacent to an activating group) is 1. The maximum absolute atomic E-state index is 4.25. The Morgan fingerprint density at radius 3 is 2.38 bits per heavy atom. The lowest BCUT2D eigenvalue weighted by Crippen LogP contribution is -2.19. The van der Waals surface area contributed by atoms with Crippen LogP contribution in [-0.4, -0.2) is 35.5 Å².